The molecule has 0 unspecified atom stereocenters. The Bertz CT molecular complexity index is 632. The summed E-state index contributed by atoms with van der Waals surface area (Å²) in [5.74, 6) is 0.911. The summed E-state index contributed by atoms with van der Waals surface area (Å²) in [5, 5.41) is 0. The van der Waals surface area contributed by atoms with Gasteiger partial charge in [0.15, 0.2) is 5.82 Å². The Morgan fingerprint density at radius 3 is 2.55 bits per heavy atom. The quantitative estimate of drug-likeness (QED) is 0.866. The molecule has 0 radical (unpaired) electrons. The van der Waals surface area contributed by atoms with Gasteiger partial charge in [-0.15, -0.1) is 0 Å². The molecular formula is C18H24N4. The third kappa shape index (κ3) is 2.97. The molecule has 0 spiro atoms. The van der Waals surface area contributed by atoms with Gasteiger partial charge in [-0.25, -0.2) is 4.98 Å². The van der Waals surface area contributed by atoms with Crippen molar-refractivity contribution < 1.29 is 0 Å². The monoisotopic (exact) mass is 296 g/mol. The molecule has 0 bridgehead atoms. The molecule has 116 valence electrons. The number of anilines is 1. The summed E-state index contributed by atoms with van der Waals surface area (Å²) in [5.41, 5.74) is 3.44. The van der Waals surface area contributed by atoms with Crippen LogP contribution < -0.4 is 4.90 Å². The summed E-state index contributed by atoms with van der Waals surface area (Å²) in [7, 11) is 4.01. The Labute approximate surface area is 132 Å². The van der Waals surface area contributed by atoms with Crippen LogP contribution >= 0.6 is 0 Å². The zero-order chi connectivity index (χ0) is 15.5. The van der Waals surface area contributed by atoms with Gasteiger partial charge in [0.1, 0.15) is 5.69 Å². The molecular weight excluding hydrogens is 272 g/mol. The second kappa shape index (κ2) is 6.44. The third-order valence-electron chi connectivity index (χ3n) is 4.43. The number of rotatable bonds is 4. The Morgan fingerprint density at radius 2 is 1.82 bits per heavy atom. The van der Waals surface area contributed by atoms with Crippen LogP contribution in [0.1, 0.15) is 31.4 Å². The van der Waals surface area contributed by atoms with Gasteiger partial charge in [-0.3, -0.25) is 9.88 Å². The molecule has 1 atom stereocenters. The average Bonchev–Trinajstić information content (AvgIpc) is 3.08. The first-order valence-electron chi connectivity index (χ1n) is 7.99. The van der Waals surface area contributed by atoms with Gasteiger partial charge in [0, 0.05) is 38.1 Å². The van der Waals surface area contributed by atoms with E-state index in [9.17, 15) is 0 Å². The lowest BCUT2D eigenvalue weighted by Crippen LogP contribution is -2.23. The number of hydrogen-bond acceptors (Lipinski definition) is 4. The normalized spacial score (nSPS) is 16.7. The highest BCUT2D eigenvalue weighted by atomic mass is 15.2. The third-order valence-corrected chi connectivity index (χ3v) is 4.43. The number of nitrogens with zero attached hydrogens (tertiary/aromatic N) is 4. The van der Waals surface area contributed by atoms with Gasteiger partial charge in [0.2, 0.25) is 0 Å². The van der Waals surface area contributed by atoms with Crippen LogP contribution in [0.4, 0.5) is 5.82 Å². The predicted octanol–water partition coefficient (Wildman–Crippen LogP) is 3.37. The molecule has 0 amide bonds. The second-order valence-corrected chi connectivity index (χ2v) is 6.17. The maximum absolute atomic E-state index is 4.55. The topological polar surface area (TPSA) is 32.3 Å². The van der Waals surface area contributed by atoms with E-state index < -0.39 is 0 Å². The van der Waals surface area contributed by atoms with Crippen molar-refractivity contribution in [2.45, 2.75) is 25.8 Å². The van der Waals surface area contributed by atoms with Crippen LogP contribution in [0.15, 0.2) is 36.7 Å². The summed E-state index contributed by atoms with van der Waals surface area (Å²) >= 11 is 0. The largest absolute Gasteiger partial charge is 0.361 e. The molecule has 4 nitrogen and oxygen atoms in total. The van der Waals surface area contributed by atoms with Crippen molar-refractivity contribution in [3.63, 3.8) is 0 Å². The maximum atomic E-state index is 4.55. The molecule has 2 aromatic rings. The van der Waals surface area contributed by atoms with Crippen LogP contribution in [-0.2, 0) is 0 Å². The van der Waals surface area contributed by atoms with Gasteiger partial charge < -0.3 is 4.90 Å². The van der Waals surface area contributed by atoms with Crippen LogP contribution in [0.3, 0.4) is 0 Å². The number of benzene rings is 1. The van der Waals surface area contributed by atoms with Crippen LogP contribution in [-0.4, -0.2) is 42.1 Å². The first kappa shape index (κ1) is 15.0. The minimum atomic E-state index is 0.460. The molecule has 3 rings (SSSR count). The summed E-state index contributed by atoms with van der Waals surface area (Å²) in [4.78, 5) is 13.6. The fourth-order valence-electron chi connectivity index (χ4n) is 3.15. The van der Waals surface area contributed by atoms with Gasteiger partial charge in [-0.1, -0.05) is 18.2 Å². The molecule has 4 heteroatoms. The standard InChI is InChI=1S/C18H24N4/c1-14(22-11-4-5-12-22)15-7-6-8-16(13-15)17-18(21(2)3)20-10-9-19-17/h6-10,13-14H,4-5,11-12H2,1-3H3/t14-/m0/s1. The van der Waals surface area contributed by atoms with Crippen LogP contribution in [0, 0.1) is 0 Å². The Morgan fingerprint density at radius 1 is 1.09 bits per heavy atom. The van der Waals surface area contributed by atoms with Gasteiger partial charge in [0.05, 0.1) is 0 Å². The minimum absolute atomic E-state index is 0.460. The van der Waals surface area contributed by atoms with Crippen LogP contribution in [0.5, 0.6) is 0 Å². The molecule has 22 heavy (non-hydrogen) atoms. The maximum Gasteiger partial charge on any atom is 0.154 e. The average molecular weight is 296 g/mol. The molecule has 1 saturated heterocycles. The molecule has 2 heterocycles. The molecule has 0 saturated carbocycles. The van der Waals surface area contributed by atoms with Crippen molar-refractivity contribution in [3.8, 4) is 11.3 Å². The summed E-state index contributed by atoms with van der Waals surface area (Å²) in [6.07, 6.45) is 6.15. The Balaban J connectivity index is 1.94. The van der Waals surface area contributed by atoms with E-state index in [2.05, 4.69) is 46.1 Å². The Kier molecular flexibility index (Phi) is 4.39. The van der Waals surface area contributed by atoms with E-state index in [1.807, 2.05) is 19.0 Å². The van der Waals surface area contributed by atoms with Gasteiger partial charge in [-0.05, 0) is 44.5 Å². The van der Waals surface area contributed by atoms with Gasteiger partial charge in [0.25, 0.3) is 0 Å². The van der Waals surface area contributed by atoms with E-state index in [0.29, 0.717) is 6.04 Å². The van der Waals surface area contributed by atoms with E-state index >= 15 is 0 Å². The first-order chi connectivity index (χ1) is 10.7. The molecule has 0 aliphatic carbocycles. The second-order valence-electron chi connectivity index (χ2n) is 6.17. The predicted molar refractivity (Wildman–Crippen MR) is 91.0 cm³/mol. The molecule has 1 aromatic heterocycles. The summed E-state index contributed by atoms with van der Waals surface area (Å²) < 4.78 is 0. The molecule has 1 fully saturated rings. The highest BCUT2D eigenvalue weighted by Gasteiger charge is 2.20. The zero-order valence-corrected chi connectivity index (χ0v) is 13.7. The van der Waals surface area contributed by atoms with Crippen molar-refractivity contribution in [1.82, 2.24) is 14.9 Å². The van der Waals surface area contributed by atoms with E-state index in [0.717, 1.165) is 17.1 Å². The molecule has 0 N–H and O–H groups in total. The van der Waals surface area contributed by atoms with Crippen LogP contribution in [0.2, 0.25) is 0 Å². The summed E-state index contributed by atoms with van der Waals surface area (Å²) in [6, 6.07) is 9.20. The van der Waals surface area contributed by atoms with Crippen molar-refractivity contribution >= 4 is 5.82 Å². The number of hydrogen-bond donors (Lipinski definition) is 0. The molecule has 1 aliphatic rings. The fraction of sp³-hybridized carbons (Fsp3) is 0.444. The molecule has 1 aliphatic heterocycles. The zero-order valence-electron chi connectivity index (χ0n) is 13.7. The highest BCUT2D eigenvalue weighted by Crippen LogP contribution is 2.30. The van der Waals surface area contributed by atoms with Crippen molar-refractivity contribution in [3.05, 3.63) is 42.2 Å². The smallest absolute Gasteiger partial charge is 0.154 e. The van der Waals surface area contributed by atoms with Crippen molar-refractivity contribution in [2.24, 2.45) is 0 Å². The lowest BCUT2D eigenvalue weighted by Gasteiger charge is -2.24. The van der Waals surface area contributed by atoms with E-state index in [-0.39, 0.29) is 0 Å². The molecule has 1 aromatic carbocycles. The number of likely N-dealkylation sites (tertiary alicyclic amines) is 1. The lowest BCUT2D eigenvalue weighted by atomic mass is 10.0. The minimum Gasteiger partial charge on any atom is -0.361 e. The first-order valence-corrected chi connectivity index (χ1v) is 7.99. The Hall–Kier alpha value is -1.94. The van der Waals surface area contributed by atoms with E-state index in [4.69, 9.17) is 0 Å². The van der Waals surface area contributed by atoms with Crippen molar-refractivity contribution in [2.75, 3.05) is 32.1 Å². The summed E-state index contributed by atoms with van der Waals surface area (Å²) in [6.45, 7) is 4.72. The van der Waals surface area contributed by atoms with Crippen molar-refractivity contribution in [1.29, 1.82) is 0 Å². The van der Waals surface area contributed by atoms with E-state index in [1.54, 1.807) is 12.4 Å². The lowest BCUT2D eigenvalue weighted by molar-refractivity contribution is 0.263. The van der Waals surface area contributed by atoms with Gasteiger partial charge in [-0.2, -0.15) is 0 Å². The SMILES string of the molecule is C[C@@H](c1cccc(-c2nccnc2N(C)C)c1)N1CCCC1. The van der Waals surface area contributed by atoms with E-state index in [1.165, 1.54) is 31.5 Å². The number of aromatic nitrogens is 2. The van der Waals surface area contributed by atoms with Gasteiger partial charge >= 0.3 is 0 Å². The van der Waals surface area contributed by atoms with Crippen LogP contribution in [0.25, 0.3) is 11.3 Å². The fourth-order valence-corrected chi connectivity index (χ4v) is 3.15. The highest BCUT2D eigenvalue weighted by molar-refractivity contribution is 5.72.